The van der Waals surface area contributed by atoms with Crippen LogP contribution in [0.25, 0.3) is 0 Å². The summed E-state index contributed by atoms with van der Waals surface area (Å²) in [6, 6.07) is 7.73. The minimum absolute atomic E-state index is 0.0355. The van der Waals surface area contributed by atoms with Gasteiger partial charge in [-0.1, -0.05) is 26.0 Å². The van der Waals surface area contributed by atoms with Crippen molar-refractivity contribution in [1.29, 1.82) is 0 Å². The molecule has 0 bridgehead atoms. The van der Waals surface area contributed by atoms with Crippen LogP contribution in [0.1, 0.15) is 25.3 Å². The van der Waals surface area contributed by atoms with Crippen LogP contribution in [-0.4, -0.2) is 31.1 Å². The zero-order chi connectivity index (χ0) is 15.4. The topological polar surface area (TPSA) is 76.9 Å². The molecule has 0 aliphatic heterocycles. The Morgan fingerprint density at radius 1 is 1.43 bits per heavy atom. The minimum Gasteiger partial charge on any atom is -0.325 e. The summed E-state index contributed by atoms with van der Waals surface area (Å²) < 4.78 is 12.9. The van der Waals surface area contributed by atoms with E-state index in [2.05, 4.69) is 29.4 Å². The van der Waals surface area contributed by atoms with E-state index >= 15 is 0 Å². The average Bonchev–Trinajstić information content (AvgIpc) is 2.87. The highest BCUT2D eigenvalue weighted by Gasteiger charge is 2.12. The van der Waals surface area contributed by atoms with E-state index < -0.39 is 10.8 Å². The maximum Gasteiger partial charge on any atom is 0.244 e. The number of amides is 1. The van der Waals surface area contributed by atoms with Gasteiger partial charge in [-0.25, -0.2) is 0 Å². The second-order valence-electron chi connectivity index (χ2n) is 5.02. The van der Waals surface area contributed by atoms with Gasteiger partial charge in [-0.3, -0.25) is 13.6 Å². The summed E-state index contributed by atoms with van der Waals surface area (Å²) >= 11 is 0. The Kier molecular flexibility index (Phi) is 4.85. The van der Waals surface area contributed by atoms with Gasteiger partial charge in [-0.05, 0) is 23.6 Å². The van der Waals surface area contributed by atoms with Crippen LogP contribution < -0.4 is 5.32 Å². The molecule has 1 N–H and O–H groups in total. The molecule has 0 aliphatic rings. The molecular weight excluding hydrogens is 288 g/mol. The van der Waals surface area contributed by atoms with Gasteiger partial charge in [0.05, 0.1) is 10.8 Å². The zero-order valence-electron chi connectivity index (χ0n) is 12.2. The van der Waals surface area contributed by atoms with Crippen LogP contribution in [0.4, 0.5) is 5.69 Å². The molecule has 1 amide bonds. The number of benzene rings is 1. The van der Waals surface area contributed by atoms with Crippen LogP contribution in [0.3, 0.4) is 0 Å². The number of nitrogens with one attached hydrogen (secondary N) is 1. The highest BCUT2D eigenvalue weighted by molar-refractivity contribution is 7.84. The molecule has 112 valence electrons. The van der Waals surface area contributed by atoms with E-state index in [1.54, 1.807) is 0 Å². The van der Waals surface area contributed by atoms with Crippen molar-refractivity contribution in [3.63, 3.8) is 0 Å². The Hall–Kier alpha value is -2.02. The van der Waals surface area contributed by atoms with Crippen LogP contribution in [0.2, 0.25) is 0 Å². The SMILES string of the molecule is CC(C)c1cccc(NC(=O)Cn2cnnc2[S@@](C)=O)c1. The van der Waals surface area contributed by atoms with E-state index in [4.69, 9.17) is 0 Å². The fraction of sp³-hybridized carbons (Fsp3) is 0.357. The van der Waals surface area contributed by atoms with Crippen molar-refractivity contribution in [1.82, 2.24) is 14.8 Å². The molecule has 6 nitrogen and oxygen atoms in total. The number of carbonyl (C=O) groups excluding carboxylic acids is 1. The zero-order valence-corrected chi connectivity index (χ0v) is 13.1. The van der Waals surface area contributed by atoms with Crippen LogP contribution in [-0.2, 0) is 22.1 Å². The maximum absolute atomic E-state index is 12.0. The number of rotatable bonds is 5. The molecule has 1 aromatic heterocycles. The molecule has 0 radical (unpaired) electrons. The van der Waals surface area contributed by atoms with E-state index in [1.165, 1.54) is 17.2 Å². The molecule has 0 aliphatic carbocycles. The molecule has 0 fully saturated rings. The molecule has 0 saturated carbocycles. The highest BCUT2D eigenvalue weighted by atomic mass is 32.2. The summed E-state index contributed by atoms with van der Waals surface area (Å²) in [6.45, 7) is 4.23. The monoisotopic (exact) mass is 306 g/mol. The molecule has 0 saturated heterocycles. The average molecular weight is 306 g/mol. The number of anilines is 1. The summed E-state index contributed by atoms with van der Waals surface area (Å²) in [4.78, 5) is 12.0. The fourth-order valence-electron chi connectivity index (χ4n) is 1.91. The van der Waals surface area contributed by atoms with Crippen molar-refractivity contribution in [3.8, 4) is 0 Å². The molecule has 21 heavy (non-hydrogen) atoms. The standard InChI is InChI=1S/C14H18N4O2S/c1-10(2)11-5-4-6-12(7-11)16-13(19)8-18-9-15-17-14(18)21(3)20/h4-7,9-10H,8H2,1-3H3,(H,16,19)/t21-/m1/s1. The van der Waals surface area contributed by atoms with E-state index in [0.29, 0.717) is 11.1 Å². The van der Waals surface area contributed by atoms with Gasteiger partial charge in [0.1, 0.15) is 12.9 Å². The summed E-state index contributed by atoms with van der Waals surface area (Å²) in [5.41, 5.74) is 1.91. The maximum atomic E-state index is 12.0. The van der Waals surface area contributed by atoms with E-state index in [1.807, 2.05) is 24.3 Å². The van der Waals surface area contributed by atoms with Gasteiger partial charge in [0.15, 0.2) is 0 Å². The second kappa shape index (κ2) is 6.62. The predicted molar refractivity (Wildman–Crippen MR) is 81.5 cm³/mol. The fourth-order valence-corrected chi connectivity index (χ4v) is 2.51. The van der Waals surface area contributed by atoms with Gasteiger partial charge < -0.3 is 5.32 Å². The Labute approximate surface area is 126 Å². The summed E-state index contributed by atoms with van der Waals surface area (Å²) in [5, 5.41) is 10.5. The molecule has 1 aromatic carbocycles. The van der Waals surface area contributed by atoms with Crippen LogP contribution >= 0.6 is 0 Å². The van der Waals surface area contributed by atoms with Gasteiger partial charge in [0.25, 0.3) is 0 Å². The summed E-state index contributed by atoms with van der Waals surface area (Å²) in [7, 11) is -1.27. The predicted octanol–water partition coefficient (Wildman–Crippen LogP) is 1.78. The van der Waals surface area contributed by atoms with Crippen molar-refractivity contribution < 1.29 is 9.00 Å². The lowest BCUT2D eigenvalue weighted by Gasteiger charge is -2.10. The van der Waals surface area contributed by atoms with Crippen LogP contribution in [0.15, 0.2) is 35.7 Å². The molecule has 0 spiro atoms. The lowest BCUT2D eigenvalue weighted by molar-refractivity contribution is -0.116. The second-order valence-corrected chi connectivity index (χ2v) is 6.30. The molecule has 1 atom stereocenters. The van der Waals surface area contributed by atoms with E-state index in [0.717, 1.165) is 11.3 Å². The van der Waals surface area contributed by atoms with E-state index in [9.17, 15) is 9.00 Å². The quantitative estimate of drug-likeness (QED) is 0.913. The molecule has 2 aromatic rings. The number of hydrogen-bond acceptors (Lipinski definition) is 4. The molecule has 1 heterocycles. The Morgan fingerprint density at radius 3 is 2.86 bits per heavy atom. The van der Waals surface area contributed by atoms with Crippen LogP contribution in [0.5, 0.6) is 0 Å². The largest absolute Gasteiger partial charge is 0.325 e. The first kappa shape index (κ1) is 15.4. The number of aromatic nitrogens is 3. The third-order valence-corrected chi connectivity index (χ3v) is 3.82. The van der Waals surface area contributed by atoms with Gasteiger partial charge in [0, 0.05) is 11.9 Å². The minimum atomic E-state index is -1.27. The van der Waals surface area contributed by atoms with Gasteiger partial charge >= 0.3 is 0 Å². The first-order chi connectivity index (χ1) is 9.97. The first-order valence-electron chi connectivity index (χ1n) is 6.58. The van der Waals surface area contributed by atoms with Crippen molar-refractivity contribution >= 4 is 22.4 Å². The molecule has 2 rings (SSSR count). The van der Waals surface area contributed by atoms with Crippen molar-refractivity contribution in [2.24, 2.45) is 0 Å². The van der Waals surface area contributed by atoms with Crippen LogP contribution in [0, 0.1) is 0 Å². The third kappa shape index (κ3) is 3.98. The molecule has 7 heteroatoms. The van der Waals surface area contributed by atoms with Crippen molar-refractivity contribution in [3.05, 3.63) is 36.2 Å². The highest BCUT2D eigenvalue weighted by Crippen LogP contribution is 2.18. The number of carbonyl (C=O) groups is 1. The molecule has 0 unspecified atom stereocenters. The lowest BCUT2D eigenvalue weighted by Crippen LogP contribution is -2.20. The Balaban J connectivity index is 2.06. The van der Waals surface area contributed by atoms with Crippen molar-refractivity contribution in [2.75, 3.05) is 11.6 Å². The van der Waals surface area contributed by atoms with Crippen molar-refractivity contribution in [2.45, 2.75) is 31.5 Å². The van der Waals surface area contributed by atoms with Gasteiger partial charge in [-0.15, -0.1) is 10.2 Å². The lowest BCUT2D eigenvalue weighted by atomic mass is 10.0. The van der Waals surface area contributed by atoms with Gasteiger partial charge in [-0.2, -0.15) is 0 Å². The normalized spacial score (nSPS) is 12.4. The summed E-state index contributed by atoms with van der Waals surface area (Å²) in [6.07, 6.45) is 2.91. The number of hydrogen-bond donors (Lipinski definition) is 1. The Morgan fingerprint density at radius 2 is 2.19 bits per heavy atom. The summed E-state index contributed by atoms with van der Waals surface area (Å²) in [5.74, 6) is 0.191. The first-order valence-corrected chi connectivity index (χ1v) is 8.14. The van der Waals surface area contributed by atoms with Gasteiger partial charge in [0.2, 0.25) is 11.1 Å². The third-order valence-electron chi connectivity index (χ3n) is 2.99. The Bertz CT molecular complexity index is 666. The number of nitrogens with zero attached hydrogens (tertiary/aromatic N) is 3. The van der Waals surface area contributed by atoms with E-state index in [-0.39, 0.29) is 12.5 Å². The smallest absolute Gasteiger partial charge is 0.244 e. The molecular formula is C14H18N4O2S.